The maximum absolute atomic E-state index is 12.3. The van der Waals surface area contributed by atoms with E-state index in [9.17, 15) is 14.9 Å². The second kappa shape index (κ2) is 8.63. The Labute approximate surface area is 181 Å². The predicted molar refractivity (Wildman–Crippen MR) is 116 cm³/mol. The number of hydrogen-bond acceptors (Lipinski definition) is 5. The van der Waals surface area contributed by atoms with Gasteiger partial charge in [-0.1, -0.05) is 28.1 Å². The van der Waals surface area contributed by atoms with Crippen molar-refractivity contribution in [2.45, 2.75) is 0 Å². The van der Waals surface area contributed by atoms with Crippen molar-refractivity contribution in [3.8, 4) is 11.3 Å². The second-order valence-electron chi connectivity index (χ2n) is 5.50. The summed E-state index contributed by atoms with van der Waals surface area (Å²) in [4.78, 5) is 22.6. The third-order valence-electron chi connectivity index (χ3n) is 3.60. The van der Waals surface area contributed by atoms with Crippen LogP contribution in [0.1, 0.15) is 10.6 Å². The Balaban J connectivity index is 1.65. The van der Waals surface area contributed by atoms with Gasteiger partial charge >= 0.3 is 0 Å². The largest absolute Gasteiger partial charge is 0.451 e. The van der Waals surface area contributed by atoms with E-state index in [0.717, 1.165) is 10.0 Å². The number of carbonyl (C=O) groups excluding carboxylic acids is 1. The molecule has 3 rings (SSSR count). The van der Waals surface area contributed by atoms with Gasteiger partial charge in [0, 0.05) is 26.6 Å². The van der Waals surface area contributed by atoms with Gasteiger partial charge in [-0.3, -0.25) is 20.2 Å². The molecule has 2 aromatic carbocycles. The van der Waals surface area contributed by atoms with Crippen LogP contribution >= 0.6 is 44.1 Å². The molecule has 0 unspecified atom stereocenters. The molecule has 1 aromatic heterocycles. The van der Waals surface area contributed by atoms with Gasteiger partial charge in [0.25, 0.3) is 11.6 Å². The van der Waals surface area contributed by atoms with Crippen molar-refractivity contribution in [1.82, 2.24) is 5.32 Å². The van der Waals surface area contributed by atoms with Crippen molar-refractivity contribution in [1.29, 1.82) is 0 Å². The van der Waals surface area contributed by atoms with E-state index in [1.807, 2.05) is 24.3 Å². The first-order chi connectivity index (χ1) is 13.3. The summed E-state index contributed by atoms with van der Waals surface area (Å²) in [5, 5.41) is 16.1. The summed E-state index contributed by atoms with van der Waals surface area (Å²) in [5.41, 5.74) is 1.24. The highest BCUT2D eigenvalue weighted by Crippen LogP contribution is 2.27. The Hall–Kier alpha value is -2.56. The van der Waals surface area contributed by atoms with E-state index >= 15 is 0 Å². The topological polar surface area (TPSA) is 97.4 Å². The zero-order valence-electron chi connectivity index (χ0n) is 13.9. The number of halogens is 2. The molecule has 0 aliphatic heterocycles. The lowest BCUT2D eigenvalue weighted by Gasteiger charge is -2.10. The van der Waals surface area contributed by atoms with Gasteiger partial charge in [-0.2, -0.15) is 0 Å². The maximum atomic E-state index is 12.3. The standard InChI is InChI=1S/C18H11Br2N3O4S/c19-11-3-1-10(2-4-11)15-7-8-16(27-15)17(24)22-18(28)21-14-6-5-12(23(25)26)9-13(14)20/h1-9H,(H2,21,22,24,28). The summed E-state index contributed by atoms with van der Waals surface area (Å²) in [5.74, 6) is 0.137. The number of non-ortho nitro benzene ring substituents is 1. The molecule has 28 heavy (non-hydrogen) atoms. The Kier molecular flexibility index (Phi) is 6.22. The molecule has 0 radical (unpaired) electrons. The van der Waals surface area contributed by atoms with Crippen LogP contribution in [0.4, 0.5) is 11.4 Å². The zero-order chi connectivity index (χ0) is 20.3. The summed E-state index contributed by atoms with van der Waals surface area (Å²) >= 11 is 11.7. The quantitative estimate of drug-likeness (QED) is 0.265. The molecule has 10 heteroatoms. The van der Waals surface area contributed by atoms with E-state index in [2.05, 4.69) is 42.5 Å². The molecule has 0 bridgehead atoms. The average molecular weight is 525 g/mol. The van der Waals surface area contributed by atoms with Crippen LogP contribution in [0.25, 0.3) is 11.3 Å². The minimum atomic E-state index is -0.515. The van der Waals surface area contributed by atoms with Crippen molar-refractivity contribution in [2.24, 2.45) is 0 Å². The molecule has 0 aliphatic carbocycles. The number of furan rings is 1. The van der Waals surface area contributed by atoms with Gasteiger partial charge in [0.2, 0.25) is 0 Å². The molecule has 0 saturated heterocycles. The van der Waals surface area contributed by atoms with Crippen molar-refractivity contribution < 1.29 is 14.1 Å². The Morgan fingerprint density at radius 1 is 1.07 bits per heavy atom. The van der Waals surface area contributed by atoms with E-state index in [4.69, 9.17) is 16.6 Å². The first-order valence-electron chi connectivity index (χ1n) is 7.75. The number of nitrogens with one attached hydrogen (secondary N) is 2. The lowest BCUT2D eigenvalue weighted by molar-refractivity contribution is -0.384. The van der Waals surface area contributed by atoms with E-state index in [1.165, 1.54) is 18.2 Å². The van der Waals surface area contributed by atoms with Crippen LogP contribution in [0.2, 0.25) is 0 Å². The van der Waals surface area contributed by atoms with Crippen molar-refractivity contribution in [3.63, 3.8) is 0 Å². The molecule has 0 fully saturated rings. The summed E-state index contributed by atoms with van der Waals surface area (Å²) in [6.07, 6.45) is 0. The first kappa shape index (κ1) is 20.2. The molecular weight excluding hydrogens is 514 g/mol. The molecule has 3 aromatic rings. The fourth-order valence-corrected chi connectivity index (χ4v) is 3.20. The molecule has 2 N–H and O–H groups in total. The number of hydrogen-bond donors (Lipinski definition) is 2. The lowest BCUT2D eigenvalue weighted by atomic mass is 10.2. The fourth-order valence-electron chi connectivity index (χ4n) is 2.27. The molecule has 0 aliphatic rings. The Morgan fingerprint density at radius 2 is 1.79 bits per heavy atom. The molecule has 1 amide bonds. The summed E-state index contributed by atoms with van der Waals surface area (Å²) in [6, 6.07) is 14.9. The predicted octanol–water partition coefficient (Wildman–Crippen LogP) is 5.51. The normalized spacial score (nSPS) is 10.4. The fraction of sp³-hybridized carbons (Fsp3) is 0. The molecule has 142 valence electrons. The van der Waals surface area contributed by atoms with E-state index in [-0.39, 0.29) is 16.6 Å². The number of nitro groups is 1. The Morgan fingerprint density at radius 3 is 2.43 bits per heavy atom. The number of amides is 1. The van der Waals surface area contributed by atoms with Crippen LogP contribution in [0.15, 0.2) is 68.0 Å². The number of thiocarbonyl (C=S) groups is 1. The van der Waals surface area contributed by atoms with Crippen molar-refractivity contribution >= 4 is 66.5 Å². The van der Waals surface area contributed by atoms with Crippen LogP contribution in [0.3, 0.4) is 0 Å². The summed E-state index contributed by atoms with van der Waals surface area (Å²) < 4.78 is 6.97. The SMILES string of the molecule is O=C(NC(=S)Nc1ccc([N+](=O)[O-])cc1Br)c1ccc(-c2ccc(Br)cc2)o1. The zero-order valence-corrected chi connectivity index (χ0v) is 17.9. The number of anilines is 1. The average Bonchev–Trinajstić information content (AvgIpc) is 3.14. The number of carbonyl (C=O) groups is 1. The molecule has 0 saturated carbocycles. The van der Waals surface area contributed by atoms with Crippen LogP contribution in [-0.2, 0) is 0 Å². The number of rotatable bonds is 4. The first-order valence-corrected chi connectivity index (χ1v) is 9.75. The molecule has 1 heterocycles. The molecular formula is C18H11Br2N3O4S. The minimum Gasteiger partial charge on any atom is -0.451 e. The monoisotopic (exact) mass is 523 g/mol. The van der Waals surface area contributed by atoms with Crippen LogP contribution in [-0.4, -0.2) is 15.9 Å². The van der Waals surface area contributed by atoms with Crippen LogP contribution in [0.5, 0.6) is 0 Å². The highest BCUT2D eigenvalue weighted by atomic mass is 79.9. The van der Waals surface area contributed by atoms with E-state index in [0.29, 0.717) is 15.9 Å². The number of benzene rings is 2. The minimum absolute atomic E-state index is 0.0288. The van der Waals surface area contributed by atoms with Gasteiger partial charge in [-0.25, -0.2) is 0 Å². The van der Waals surface area contributed by atoms with Crippen molar-refractivity contribution in [2.75, 3.05) is 5.32 Å². The molecule has 0 spiro atoms. The van der Waals surface area contributed by atoms with Gasteiger partial charge in [0.15, 0.2) is 10.9 Å². The highest BCUT2D eigenvalue weighted by Gasteiger charge is 2.15. The van der Waals surface area contributed by atoms with E-state index in [1.54, 1.807) is 12.1 Å². The number of nitro benzene ring substituents is 1. The lowest BCUT2D eigenvalue weighted by Crippen LogP contribution is -2.34. The van der Waals surface area contributed by atoms with Gasteiger partial charge in [-0.15, -0.1) is 0 Å². The van der Waals surface area contributed by atoms with Gasteiger partial charge in [-0.05, 0) is 58.5 Å². The Bertz CT molecular complexity index is 1070. The second-order valence-corrected chi connectivity index (χ2v) is 7.68. The third kappa shape index (κ3) is 4.83. The van der Waals surface area contributed by atoms with Gasteiger partial charge < -0.3 is 9.73 Å². The maximum Gasteiger partial charge on any atom is 0.293 e. The van der Waals surface area contributed by atoms with Crippen molar-refractivity contribution in [3.05, 3.63) is 79.4 Å². The summed E-state index contributed by atoms with van der Waals surface area (Å²) in [7, 11) is 0. The van der Waals surface area contributed by atoms with E-state index < -0.39 is 10.8 Å². The van der Waals surface area contributed by atoms with Gasteiger partial charge in [0.1, 0.15) is 5.76 Å². The molecule has 0 atom stereocenters. The highest BCUT2D eigenvalue weighted by molar-refractivity contribution is 9.10. The summed E-state index contributed by atoms with van der Waals surface area (Å²) in [6.45, 7) is 0. The molecule has 7 nitrogen and oxygen atoms in total. The smallest absolute Gasteiger partial charge is 0.293 e. The third-order valence-corrected chi connectivity index (χ3v) is 4.99. The van der Waals surface area contributed by atoms with Gasteiger partial charge in [0.05, 0.1) is 10.6 Å². The van der Waals surface area contributed by atoms with Crippen LogP contribution < -0.4 is 10.6 Å². The van der Waals surface area contributed by atoms with Crippen LogP contribution in [0, 0.1) is 10.1 Å². The number of nitrogens with zero attached hydrogens (tertiary/aromatic N) is 1.